The summed E-state index contributed by atoms with van der Waals surface area (Å²) in [7, 11) is -4.35. The number of hydrazine groups is 1. The Kier molecular flexibility index (Phi) is 3.69. The van der Waals surface area contributed by atoms with Crippen LogP contribution in [0.1, 0.15) is 0 Å². The molecule has 0 spiro atoms. The molecule has 2 aromatic carbocycles. The molecule has 0 radical (unpaired) electrons. The quantitative estimate of drug-likeness (QED) is 0.638. The van der Waals surface area contributed by atoms with E-state index in [1.54, 1.807) is 23.2 Å². The lowest BCUT2D eigenvalue weighted by Crippen LogP contribution is -2.41. The third-order valence-electron chi connectivity index (χ3n) is 3.09. The van der Waals surface area contributed by atoms with Crippen molar-refractivity contribution in [2.75, 3.05) is 10.4 Å². The van der Waals surface area contributed by atoms with Gasteiger partial charge in [-0.05, 0) is 24.3 Å². The first-order chi connectivity index (χ1) is 9.97. The Hall–Kier alpha value is -1.50. The molecule has 5 N–H and O–H groups in total. The number of nitrogens with two attached hydrogens (primary N) is 1. The van der Waals surface area contributed by atoms with Gasteiger partial charge in [-0.15, -0.1) is 0 Å². The van der Waals surface area contributed by atoms with Crippen molar-refractivity contribution < 1.29 is 14.4 Å². The van der Waals surface area contributed by atoms with Gasteiger partial charge in [0.05, 0.1) is 16.7 Å². The van der Waals surface area contributed by atoms with Crippen molar-refractivity contribution in [2.45, 2.75) is 10.4 Å². The third kappa shape index (κ3) is 2.79. The fourth-order valence-corrected chi connectivity index (χ4v) is 3.85. The second-order valence-electron chi connectivity index (χ2n) is 4.52. The van der Waals surface area contributed by atoms with E-state index in [2.05, 4.69) is 5.43 Å². The minimum absolute atomic E-state index is 0.0495. The molecule has 0 bridgehead atoms. The second-order valence-corrected chi connectivity index (χ2v) is 7.25. The van der Waals surface area contributed by atoms with Crippen LogP contribution in [-0.2, 0) is 4.57 Å². The number of nitrogens with zero attached hydrogens (tertiary/aromatic N) is 1. The van der Waals surface area contributed by atoms with Gasteiger partial charge in [0, 0.05) is 4.90 Å². The molecule has 0 fully saturated rings. The smallest absolute Gasteiger partial charge is 0.321 e. The van der Waals surface area contributed by atoms with Crippen LogP contribution in [0.2, 0.25) is 0 Å². The summed E-state index contributed by atoms with van der Waals surface area (Å²) < 4.78 is 11.6. The van der Waals surface area contributed by atoms with Crippen LogP contribution < -0.4 is 21.5 Å². The lowest BCUT2D eigenvalue weighted by Gasteiger charge is -2.26. The van der Waals surface area contributed by atoms with Gasteiger partial charge in [-0.25, -0.2) is 0 Å². The first kappa shape index (κ1) is 14.4. The molecule has 1 aliphatic heterocycles. The van der Waals surface area contributed by atoms with Gasteiger partial charge in [0.15, 0.2) is 0 Å². The Bertz CT molecular complexity index is 721. The number of rotatable bonds is 3. The van der Waals surface area contributed by atoms with E-state index in [1.807, 2.05) is 24.3 Å². The summed E-state index contributed by atoms with van der Waals surface area (Å²) in [5.74, 6) is 0. The number of thioether (sulfide) groups is 1. The summed E-state index contributed by atoms with van der Waals surface area (Å²) in [5.41, 5.74) is 9.95. The number of hydrogen-bond acceptors (Lipinski definition) is 5. The second kappa shape index (κ2) is 5.36. The number of hydrogen-bond donors (Lipinski definition) is 4. The van der Waals surface area contributed by atoms with E-state index in [0.717, 1.165) is 10.6 Å². The van der Waals surface area contributed by atoms with Crippen LogP contribution in [0.25, 0.3) is 0 Å². The zero-order valence-electron chi connectivity index (χ0n) is 10.9. The predicted octanol–water partition coefficient (Wildman–Crippen LogP) is 1.67. The molecule has 0 saturated carbocycles. The summed E-state index contributed by atoms with van der Waals surface area (Å²) in [4.78, 5) is 19.9. The fraction of sp³-hybridized carbons (Fsp3) is 0.0769. The molecule has 8 heteroatoms. The molecule has 0 saturated heterocycles. The molecule has 1 aliphatic rings. The Morgan fingerprint density at radius 3 is 2.57 bits per heavy atom. The monoisotopic (exact) mass is 323 g/mol. The van der Waals surface area contributed by atoms with Crippen molar-refractivity contribution in [2.24, 2.45) is 5.73 Å². The van der Waals surface area contributed by atoms with Gasteiger partial charge in [0.2, 0.25) is 0 Å². The molecule has 0 aliphatic carbocycles. The first-order valence-electron chi connectivity index (χ1n) is 6.19. The number of benzene rings is 2. The van der Waals surface area contributed by atoms with E-state index in [1.165, 1.54) is 17.8 Å². The molecule has 1 unspecified atom stereocenters. The van der Waals surface area contributed by atoms with Crippen LogP contribution in [0, 0.1) is 0 Å². The lowest BCUT2D eigenvalue weighted by molar-refractivity contribution is 0.387. The lowest BCUT2D eigenvalue weighted by atomic mass is 10.3. The highest BCUT2D eigenvalue weighted by Crippen LogP contribution is 2.42. The van der Waals surface area contributed by atoms with Gasteiger partial charge in [0.1, 0.15) is 5.50 Å². The Labute approximate surface area is 126 Å². The van der Waals surface area contributed by atoms with E-state index in [0.29, 0.717) is 5.69 Å². The summed E-state index contributed by atoms with van der Waals surface area (Å²) in [6, 6.07) is 14.0. The number of nitrogens with one attached hydrogen (secondary N) is 1. The van der Waals surface area contributed by atoms with Crippen molar-refractivity contribution in [3.05, 3.63) is 48.5 Å². The summed E-state index contributed by atoms with van der Waals surface area (Å²) in [5, 5.41) is 1.65. The van der Waals surface area contributed by atoms with Crippen LogP contribution in [-0.4, -0.2) is 15.3 Å². The maximum atomic E-state index is 11.6. The van der Waals surface area contributed by atoms with Crippen molar-refractivity contribution in [1.82, 2.24) is 0 Å². The highest BCUT2D eigenvalue weighted by Gasteiger charge is 2.29. The zero-order chi connectivity index (χ0) is 15.0. The average molecular weight is 323 g/mol. The summed E-state index contributed by atoms with van der Waals surface area (Å²) in [6.45, 7) is 0. The van der Waals surface area contributed by atoms with Gasteiger partial charge in [0.25, 0.3) is 0 Å². The fourth-order valence-electron chi connectivity index (χ4n) is 2.15. The van der Waals surface area contributed by atoms with Gasteiger partial charge >= 0.3 is 7.60 Å². The molecular formula is C13H14N3O3PS. The number of para-hydroxylation sites is 2. The first-order valence-corrected chi connectivity index (χ1v) is 8.68. The van der Waals surface area contributed by atoms with Gasteiger partial charge in [-0.2, -0.15) is 0 Å². The minimum atomic E-state index is -4.35. The maximum absolute atomic E-state index is 11.6. The van der Waals surface area contributed by atoms with E-state index in [-0.39, 0.29) is 10.8 Å². The van der Waals surface area contributed by atoms with Crippen molar-refractivity contribution in [3.8, 4) is 0 Å². The van der Waals surface area contributed by atoms with Crippen molar-refractivity contribution in [1.29, 1.82) is 0 Å². The SMILES string of the molecule is NC1Sc2ccccc2N1Nc1ccccc1P(=O)(O)O. The average Bonchev–Trinajstić information content (AvgIpc) is 2.75. The van der Waals surface area contributed by atoms with Crippen LogP contribution >= 0.6 is 19.4 Å². The molecule has 0 aromatic heterocycles. The van der Waals surface area contributed by atoms with Gasteiger partial charge in [-0.3, -0.25) is 15.0 Å². The third-order valence-corrected chi connectivity index (χ3v) is 5.15. The van der Waals surface area contributed by atoms with Crippen LogP contribution in [0.15, 0.2) is 53.4 Å². The van der Waals surface area contributed by atoms with Crippen molar-refractivity contribution >= 4 is 36.0 Å². The molecule has 110 valence electrons. The van der Waals surface area contributed by atoms with Crippen LogP contribution in [0.5, 0.6) is 0 Å². The molecule has 2 aromatic rings. The van der Waals surface area contributed by atoms with E-state index < -0.39 is 7.60 Å². The van der Waals surface area contributed by atoms with Gasteiger partial charge < -0.3 is 15.5 Å². The standard InChI is InChI=1S/C13H14N3O3PS/c14-13-16(10-6-2-4-8-12(10)21-13)15-9-5-1-3-7-11(9)20(17,18)19/h1-8,13,15H,14H2,(H2,17,18,19). The Morgan fingerprint density at radius 1 is 1.14 bits per heavy atom. The molecule has 1 atom stereocenters. The van der Waals surface area contributed by atoms with E-state index in [4.69, 9.17) is 5.73 Å². The normalized spacial score (nSPS) is 17.7. The zero-order valence-corrected chi connectivity index (χ0v) is 12.6. The van der Waals surface area contributed by atoms with E-state index >= 15 is 0 Å². The van der Waals surface area contributed by atoms with Crippen molar-refractivity contribution in [3.63, 3.8) is 0 Å². The van der Waals surface area contributed by atoms with E-state index in [9.17, 15) is 14.4 Å². The molecular weight excluding hydrogens is 309 g/mol. The molecule has 0 amide bonds. The highest BCUT2D eigenvalue weighted by atomic mass is 32.2. The molecule has 3 rings (SSSR count). The Morgan fingerprint density at radius 2 is 1.81 bits per heavy atom. The van der Waals surface area contributed by atoms with Gasteiger partial charge in [-0.1, -0.05) is 36.0 Å². The minimum Gasteiger partial charge on any atom is -0.321 e. The predicted molar refractivity (Wildman–Crippen MR) is 84.5 cm³/mol. The number of fused-ring (bicyclic) bond motifs is 1. The maximum Gasteiger partial charge on any atom is 0.358 e. The van der Waals surface area contributed by atoms with Crippen LogP contribution in [0.4, 0.5) is 11.4 Å². The summed E-state index contributed by atoms with van der Waals surface area (Å²) in [6.07, 6.45) is 0. The topological polar surface area (TPSA) is 98.8 Å². The largest absolute Gasteiger partial charge is 0.358 e. The highest BCUT2D eigenvalue weighted by molar-refractivity contribution is 8.00. The van der Waals surface area contributed by atoms with Crippen LogP contribution in [0.3, 0.4) is 0 Å². The Balaban J connectivity index is 1.97. The summed E-state index contributed by atoms with van der Waals surface area (Å²) >= 11 is 1.48. The molecule has 6 nitrogen and oxygen atoms in total. The molecule has 1 heterocycles. The number of anilines is 2. The molecule has 21 heavy (non-hydrogen) atoms.